The van der Waals surface area contributed by atoms with Gasteiger partial charge in [0.1, 0.15) is 0 Å². The summed E-state index contributed by atoms with van der Waals surface area (Å²) in [6, 6.07) is 34.3. The van der Waals surface area contributed by atoms with Crippen LogP contribution < -0.4 is 5.32 Å². The number of nitrogens with one attached hydrogen (secondary N) is 3. The van der Waals surface area contributed by atoms with Crippen molar-refractivity contribution in [1.82, 2.24) is 9.97 Å². The highest BCUT2D eigenvalue weighted by Gasteiger charge is 2.23. The third-order valence-electron chi connectivity index (χ3n) is 6.72. The molecule has 0 aliphatic heterocycles. The van der Waals surface area contributed by atoms with E-state index < -0.39 is 0 Å². The van der Waals surface area contributed by atoms with Crippen molar-refractivity contribution < 1.29 is 4.79 Å². The predicted octanol–water partition coefficient (Wildman–Crippen LogP) is 7.28. The molecule has 0 unspecified atom stereocenters. The molecule has 0 fully saturated rings. The van der Waals surface area contributed by atoms with E-state index in [-0.39, 0.29) is 11.8 Å². The number of hydrogen-bond acceptors (Lipinski definition) is 1. The second kappa shape index (κ2) is 8.99. The molecule has 6 aromatic rings. The summed E-state index contributed by atoms with van der Waals surface area (Å²) in [6.45, 7) is 0. The summed E-state index contributed by atoms with van der Waals surface area (Å²) >= 11 is 0. The average molecular weight is 456 g/mol. The highest BCUT2D eigenvalue weighted by atomic mass is 16.1. The number of benzene rings is 4. The van der Waals surface area contributed by atoms with Crippen molar-refractivity contribution in [2.24, 2.45) is 0 Å². The zero-order chi connectivity index (χ0) is 23.6. The van der Waals surface area contributed by atoms with E-state index in [9.17, 15) is 4.79 Å². The van der Waals surface area contributed by atoms with E-state index in [0.717, 1.165) is 28.7 Å². The minimum absolute atomic E-state index is 0.0945. The lowest BCUT2D eigenvalue weighted by Crippen LogP contribution is -2.14. The number of aromatic nitrogens is 2. The smallest absolute Gasteiger partial charge is 0.255 e. The Bertz CT molecular complexity index is 1550. The number of aromatic amines is 2. The summed E-state index contributed by atoms with van der Waals surface area (Å²) in [6.07, 6.45) is 5.00. The summed E-state index contributed by atoms with van der Waals surface area (Å²) in [5.74, 6) is -0.00846. The number of fused-ring (bicyclic) bond motifs is 2. The summed E-state index contributed by atoms with van der Waals surface area (Å²) in [5, 5.41) is 5.58. The first kappa shape index (κ1) is 21.0. The van der Waals surface area contributed by atoms with Crippen molar-refractivity contribution >= 4 is 33.4 Å². The van der Waals surface area contributed by atoms with Crippen molar-refractivity contribution in [1.29, 1.82) is 0 Å². The van der Waals surface area contributed by atoms with Gasteiger partial charge in [0, 0.05) is 51.4 Å². The highest BCUT2D eigenvalue weighted by Crippen LogP contribution is 2.38. The molecule has 0 saturated carbocycles. The molecule has 0 bridgehead atoms. The lowest BCUT2D eigenvalue weighted by Gasteiger charge is -2.19. The average Bonchev–Trinajstić information content (AvgIpc) is 3.53. The Hall–Kier alpha value is -4.57. The minimum atomic E-state index is -0.103. The van der Waals surface area contributed by atoms with Gasteiger partial charge in [0.25, 0.3) is 5.91 Å². The second-order valence-corrected chi connectivity index (χ2v) is 8.81. The van der Waals surface area contributed by atoms with Crippen molar-refractivity contribution in [2.45, 2.75) is 12.3 Å². The van der Waals surface area contributed by atoms with Crippen LogP contribution in [0.1, 0.15) is 33.0 Å². The van der Waals surface area contributed by atoms with Gasteiger partial charge in [-0.05, 0) is 53.4 Å². The van der Waals surface area contributed by atoms with Gasteiger partial charge in [-0.25, -0.2) is 0 Å². The van der Waals surface area contributed by atoms with Crippen molar-refractivity contribution in [3.05, 3.63) is 138 Å². The molecule has 0 spiro atoms. The summed E-state index contributed by atoms with van der Waals surface area (Å²) in [5.41, 5.74) is 7.32. The zero-order valence-electron chi connectivity index (χ0n) is 19.2. The molecule has 170 valence electrons. The number of amides is 1. The van der Waals surface area contributed by atoms with Crippen LogP contribution in [0.25, 0.3) is 21.8 Å². The summed E-state index contributed by atoms with van der Waals surface area (Å²) in [7, 11) is 0. The van der Waals surface area contributed by atoms with Gasteiger partial charge >= 0.3 is 0 Å². The fourth-order valence-corrected chi connectivity index (χ4v) is 4.98. The molecule has 35 heavy (non-hydrogen) atoms. The number of rotatable bonds is 6. The topological polar surface area (TPSA) is 60.7 Å². The van der Waals surface area contributed by atoms with Crippen LogP contribution in [0.2, 0.25) is 0 Å². The molecule has 0 radical (unpaired) electrons. The fraction of sp³-hybridized carbons (Fsp3) is 0.0645. The molecule has 4 nitrogen and oxygen atoms in total. The van der Waals surface area contributed by atoms with Crippen LogP contribution in [-0.2, 0) is 6.42 Å². The molecule has 0 aliphatic carbocycles. The van der Waals surface area contributed by atoms with Gasteiger partial charge in [-0.1, -0.05) is 72.8 Å². The van der Waals surface area contributed by atoms with Crippen LogP contribution >= 0.6 is 0 Å². The van der Waals surface area contributed by atoms with Gasteiger partial charge in [-0.15, -0.1) is 0 Å². The minimum Gasteiger partial charge on any atom is -0.361 e. The zero-order valence-corrected chi connectivity index (χ0v) is 19.2. The van der Waals surface area contributed by atoms with Gasteiger partial charge in [0.05, 0.1) is 0 Å². The van der Waals surface area contributed by atoms with Gasteiger partial charge in [-0.2, -0.15) is 0 Å². The number of carbonyl (C=O) groups excluding carboxylic acids is 1. The number of para-hydroxylation sites is 3. The Morgan fingerprint density at radius 2 is 1.20 bits per heavy atom. The Morgan fingerprint density at radius 1 is 0.657 bits per heavy atom. The molecule has 4 heteroatoms. The first-order valence-corrected chi connectivity index (χ1v) is 11.8. The van der Waals surface area contributed by atoms with E-state index in [4.69, 9.17) is 0 Å². The van der Waals surface area contributed by atoms with Crippen LogP contribution in [0.5, 0.6) is 0 Å². The van der Waals surface area contributed by atoms with Crippen molar-refractivity contribution in [3.63, 3.8) is 0 Å². The quantitative estimate of drug-likeness (QED) is 0.243. The maximum absolute atomic E-state index is 12.9. The Balaban J connectivity index is 1.43. The summed E-state index contributed by atoms with van der Waals surface area (Å²) in [4.78, 5) is 19.8. The van der Waals surface area contributed by atoms with E-state index >= 15 is 0 Å². The molecule has 2 aromatic heterocycles. The monoisotopic (exact) mass is 455 g/mol. The third-order valence-corrected chi connectivity index (χ3v) is 6.72. The van der Waals surface area contributed by atoms with E-state index in [0.29, 0.717) is 5.56 Å². The van der Waals surface area contributed by atoms with Crippen molar-refractivity contribution in [3.8, 4) is 0 Å². The van der Waals surface area contributed by atoms with E-state index in [1.807, 2.05) is 48.5 Å². The van der Waals surface area contributed by atoms with Crippen LogP contribution in [-0.4, -0.2) is 15.9 Å². The van der Waals surface area contributed by atoms with Crippen molar-refractivity contribution in [2.75, 3.05) is 5.32 Å². The fourth-order valence-electron chi connectivity index (χ4n) is 4.98. The molecular weight excluding hydrogens is 430 g/mol. The lowest BCUT2D eigenvalue weighted by atomic mass is 9.85. The Labute approximate surface area is 203 Å². The Morgan fingerprint density at radius 3 is 1.86 bits per heavy atom. The first-order valence-electron chi connectivity index (χ1n) is 11.8. The molecule has 1 amide bonds. The second-order valence-electron chi connectivity index (χ2n) is 8.81. The van der Waals surface area contributed by atoms with Crippen LogP contribution in [0, 0.1) is 0 Å². The molecular formula is C31H25N3O. The normalized spacial score (nSPS) is 11.3. The van der Waals surface area contributed by atoms with E-state index in [1.54, 1.807) is 0 Å². The first-order chi connectivity index (χ1) is 17.3. The SMILES string of the molecule is O=C(Nc1ccccc1CC(c1c[nH]c2ccccc12)c1c[nH]c2ccccc12)c1ccccc1. The largest absolute Gasteiger partial charge is 0.361 e. The van der Waals surface area contributed by atoms with Gasteiger partial charge in [0.15, 0.2) is 0 Å². The van der Waals surface area contributed by atoms with E-state index in [1.165, 1.54) is 21.9 Å². The number of hydrogen-bond donors (Lipinski definition) is 3. The maximum atomic E-state index is 12.9. The number of carbonyl (C=O) groups is 1. The number of H-pyrrole nitrogens is 2. The molecule has 0 atom stereocenters. The van der Waals surface area contributed by atoms with Gasteiger partial charge in [0.2, 0.25) is 0 Å². The summed E-state index contributed by atoms with van der Waals surface area (Å²) < 4.78 is 0. The molecule has 3 N–H and O–H groups in total. The molecule has 0 saturated heterocycles. The van der Waals surface area contributed by atoms with Gasteiger partial charge < -0.3 is 15.3 Å². The van der Waals surface area contributed by atoms with Crippen LogP contribution in [0.4, 0.5) is 5.69 Å². The third kappa shape index (κ3) is 4.00. The molecule has 6 rings (SSSR count). The maximum Gasteiger partial charge on any atom is 0.255 e. The highest BCUT2D eigenvalue weighted by molar-refractivity contribution is 6.04. The standard InChI is InChI=1S/C31H25N3O/c35-31(21-10-2-1-3-11-21)34-28-15-7-4-12-22(28)18-25(26-19-32-29-16-8-5-13-23(26)29)27-20-33-30-17-9-6-14-24(27)30/h1-17,19-20,25,32-33H,18H2,(H,34,35). The lowest BCUT2D eigenvalue weighted by molar-refractivity contribution is 0.102. The molecule has 4 aromatic carbocycles. The van der Waals surface area contributed by atoms with Crippen LogP contribution in [0.3, 0.4) is 0 Å². The van der Waals surface area contributed by atoms with Crippen LogP contribution in [0.15, 0.2) is 116 Å². The molecule has 2 heterocycles. The van der Waals surface area contributed by atoms with E-state index in [2.05, 4.69) is 82.3 Å². The number of anilines is 1. The predicted molar refractivity (Wildman–Crippen MR) is 143 cm³/mol. The molecule has 0 aliphatic rings. The van der Waals surface area contributed by atoms with Gasteiger partial charge in [-0.3, -0.25) is 4.79 Å². The Kier molecular flexibility index (Phi) is 5.39.